The first-order valence-corrected chi connectivity index (χ1v) is 8.72. The molecule has 2 heterocycles. The fourth-order valence-corrected chi connectivity index (χ4v) is 2.73. The van der Waals surface area contributed by atoms with Crippen LogP contribution in [0.25, 0.3) is 5.65 Å². The van der Waals surface area contributed by atoms with Gasteiger partial charge in [0.15, 0.2) is 0 Å². The van der Waals surface area contributed by atoms with Crippen molar-refractivity contribution in [2.24, 2.45) is 5.10 Å². The molecule has 0 unspecified atom stereocenters. The van der Waals surface area contributed by atoms with Crippen LogP contribution in [0.4, 0.5) is 11.5 Å². The molecule has 0 saturated carbocycles. The summed E-state index contributed by atoms with van der Waals surface area (Å²) in [6, 6.07) is 8.45. The number of nitro groups is 1. The minimum Gasteiger partial charge on any atom is -0.497 e. The standard InChI is InChI=1S/C19H18N6O5/c1-11-8-16-22-17(19(25(28)29)24(16)10-15(11)21-12(2)26)18(27)23-20-9-13-4-6-14(30-3)7-5-13/h4-10H,1-3H3,(H,21,26)(H,23,27)/b20-9-. The molecule has 0 aliphatic carbocycles. The second-order valence-electron chi connectivity index (χ2n) is 6.29. The monoisotopic (exact) mass is 410 g/mol. The number of methoxy groups -OCH3 is 1. The number of hydrazone groups is 1. The van der Waals surface area contributed by atoms with Crippen molar-refractivity contribution >= 4 is 35.2 Å². The molecule has 2 aromatic heterocycles. The Morgan fingerprint density at radius 2 is 2.00 bits per heavy atom. The van der Waals surface area contributed by atoms with E-state index in [4.69, 9.17) is 4.74 Å². The van der Waals surface area contributed by atoms with E-state index in [2.05, 4.69) is 20.8 Å². The Labute approximate surface area is 170 Å². The van der Waals surface area contributed by atoms with Crippen LogP contribution in [0.2, 0.25) is 0 Å². The van der Waals surface area contributed by atoms with Gasteiger partial charge in [0, 0.05) is 13.0 Å². The summed E-state index contributed by atoms with van der Waals surface area (Å²) in [7, 11) is 1.55. The number of carbonyl (C=O) groups is 2. The van der Waals surface area contributed by atoms with Crippen molar-refractivity contribution < 1.29 is 19.2 Å². The number of anilines is 1. The first-order valence-electron chi connectivity index (χ1n) is 8.72. The summed E-state index contributed by atoms with van der Waals surface area (Å²) in [5, 5.41) is 18.0. The predicted molar refractivity (Wildman–Crippen MR) is 109 cm³/mol. The van der Waals surface area contributed by atoms with Crippen molar-refractivity contribution in [1.82, 2.24) is 14.8 Å². The molecule has 0 spiro atoms. The number of carbonyl (C=O) groups excluding carboxylic acids is 2. The Hall–Kier alpha value is -4.28. The second-order valence-corrected chi connectivity index (χ2v) is 6.29. The van der Waals surface area contributed by atoms with Gasteiger partial charge in [0.05, 0.1) is 19.0 Å². The van der Waals surface area contributed by atoms with Crippen LogP contribution in [-0.4, -0.2) is 39.4 Å². The maximum Gasteiger partial charge on any atom is 0.361 e. The fourth-order valence-electron chi connectivity index (χ4n) is 2.73. The molecule has 1 aromatic carbocycles. The lowest BCUT2D eigenvalue weighted by atomic mass is 10.2. The maximum absolute atomic E-state index is 12.5. The lowest BCUT2D eigenvalue weighted by Gasteiger charge is -2.04. The maximum atomic E-state index is 12.5. The molecule has 0 saturated heterocycles. The van der Waals surface area contributed by atoms with Gasteiger partial charge in [-0.25, -0.2) is 5.43 Å². The van der Waals surface area contributed by atoms with Crippen LogP contribution < -0.4 is 15.5 Å². The van der Waals surface area contributed by atoms with Crippen LogP contribution in [0.3, 0.4) is 0 Å². The van der Waals surface area contributed by atoms with Crippen molar-refractivity contribution in [1.29, 1.82) is 0 Å². The van der Waals surface area contributed by atoms with Crippen LogP contribution in [0, 0.1) is 17.0 Å². The van der Waals surface area contributed by atoms with Crippen LogP contribution in [0.15, 0.2) is 41.6 Å². The topological polar surface area (TPSA) is 140 Å². The summed E-state index contributed by atoms with van der Waals surface area (Å²) >= 11 is 0. The van der Waals surface area contributed by atoms with E-state index in [0.717, 1.165) is 4.40 Å². The third kappa shape index (κ3) is 4.24. The number of hydrogen-bond acceptors (Lipinski definition) is 7. The SMILES string of the molecule is COc1ccc(/C=N\NC(=O)c2nc3cc(C)c(NC(C)=O)cn3c2[N+](=O)[O-])cc1. The van der Waals surface area contributed by atoms with Gasteiger partial charge in [-0.05, 0) is 47.2 Å². The predicted octanol–water partition coefficient (Wildman–Crippen LogP) is 2.28. The fraction of sp³-hybridized carbons (Fsp3) is 0.158. The highest BCUT2D eigenvalue weighted by atomic mass is 16.6. The minimum atomic E-state index is -0.839. The number of amides is 2. The number of rotatable bonds is 6. The number of imidazole rings is 1. The third-order valence-corrected chi connectivity index (χ3v) is 4.14. The molecule has 154 valence electrons. The van der Waals surface area contributed by atoms with Crippen molar-refractivity contribution in [3.05, 3.63) is 63.5 Å². The van der Waals surface area contributed by atoms with E-state index in [1.54, 1.807) is 38.3 Å². The Bertz CT molecular complexity index is 1170. The number of ether oxygens (including phenoxy) is 1. The summed E-state index contributed by atoms with van der Waals surface area (Å²) in [6.45, 7) is 3.04. The summed E-state index contributed by atoms with van der Waals surface area (Å²) in [5.41, 5.74) is 3.74. The highest BCUT2D eigenvalue weighted by Gasteiger charge is 2.28. The molecule has 0 fully saturated rings. The Kier molecular flexibility index (Phi) is 5.72. The Balaban J connectivity index is 1.90. The zero-order valence-corrected chi connectivity index (χ0v) is 16.4. The van der Waals surface area contributed by atoms with Crippen molar-refractivity contribution in [2.45, 2.75) is 13.8 Å². The lowest BCUT2D eigenvalue weighted by Crippen LogP contribution is -2.19. The van der Waals surface area contributed by atoms with Gasteiger partial charge in [-0.1, -0.05) is 0 Å². The molecule has 0 bridgehead atoms. The highest BCUT2D eigenvalue weighted by Crippen LogP contribution is 2.25. The average molecular weight is 410 g/mol. The average Bonchev–Trinajstić information content (AvgIpc) is 3.07. The normalized spacial score (nSPS) is 10.9. The van der Waals surface area contributed by atoms with Gasteiger partial charge >= 0.3 is 5.82 Å². The molecular weight excluding hydrogens is 392 g/mol. The number of nitrogens with zero attached hydrogens (tertiary/aromatic N) is 4. The molecule has 0 atom stereocenters. The van der Waals surface area contributed by atoms with Gasteiger partial charge < -0.3 is 20.2 Å². The van der Waals surface area contributed by atoms with E-state index in [-0.39, 0.29) is 11.6 Å². The number of aromatic nitrogens is 2. The van der Waals surface area contributed by atoms with Gasteiger partial charge in [-0.2, -0.15) is 14.5 Å². The van der Waals surface area contributed by atoms with Crippen molar-refractivity contribution in [2.75, 3.05) is 12.4 Å². The zero-order valence-electron chi connectivity index (χ0n) is 16.4. The summed E-state index contributed by atoms with van der Waals surface area (Å²) < 4.78 is 6.20. The summed E-state index contributed by atoms with van der Waals surface area (Å²) in [4.78, 5) is 38.8. The van der Waals surface area contributed by atoms with Crippen LogP contribution in [0.1, 0.15) is 28.5 Å². The molecule has 30 heavy (non-hydrogen) atoms. The summed E-state index contributed by atoms with van der Waals surface area (Å²) in [6.07, 6.45) is 2.74. The first-order chi connectivity index (χ1) is 14.3. The molecule has 2 amide bonds. The molecule has 11 heteroatoms. The molecule has 0 aliphatic rings. The van der Waals surface area contributed by atoms with E-state index >= 15 is 0 Å². The molecule has 3 rings (SSSR count). The van der Waals surface area contributed by atoms with Crippen LogP contribution in [-0.2, 0) is 4.79 Å². The zero-order chi connectivity index (χ0) is 21.8. The molecule has 0 aliphatic heterocycles. The number of hydrogen-bond donors (Lipinski definition) is 2. The van der Waals surface area contributed by atoms with Gasteiger partial charge in [0.25, 0.3) is 5.91 Å². The molecule has 3 aromatic rings. The van der Waals surface area contributed by atoms with Crippen LogP contribution >= 0.6 is 0 Å². The number of benzene rings is 1. The molecular formula is C19H18N6O5. The van der Waals surface area contributed by atoms with Crippen LogP contribution in [0.5, 0.6) is 5.75 Å². The van der Waals surface area contributed by atoms with E-state index in [9.17, 15) is 19.7 Å². The smallest absolute Gasteiger partial charge is 0.361 e. The quantitative estimate of drug-likeness (QED) is 0.363. The second kappa shape index (κ2) is 8.39. The van der Waals surface area contributed by atoms with E-state index in [1.807, 2.05) is 0 Å². The number of aryl methyl sites for hydroxylation is 1. The molecule has 11 nitrogen and oxygen atoms in total. The Morgan fingerprint density at radius 3 is 2.60 bits per heavy atom. The minimum absolute atomic E-state index is 0.192. The largest absolute Gasteiger partial charge is 0.497 e. The van der Waals surface area contributed by atoms with Gasteiger partial charge in [0.2, 0.25) is 17.2 Å². The first kappa shape index (κ1) is 20.5. The van der Waals surface area contributed by atoms with Crippen molar-refractivity contribution in [3.63, 3.8) is 0 Å². The molecule has 2 N–H and O–H groups in total. The Morgan fingerprint density at radius 1 is 1.30 bits per heavy atom. The molecule has 0 radical (unpaired) electrons. The lowest BCUT2D eigenvalue weighted by molar-refractivity contribution is -0.390. The number of fused-ring (bicyclic) bond motifs is 1. The van der Waals surface area contributed by atoms with Gasteiger partial charge in [-0.15, -0.1) is 0 Å². The van der Waals surface area contributed by atoms with Gasteiger partial charge in [-0.3, -0.25) is 9.59 Å². The van der Waals surface area contributed by atoms with Gasteiger partial charge in [0.1, 0.15) is 11.9 Å². The number of pyridine rings is 1. The van der Waals surface area contributed by atoms with Crippen molar-refractivity contribution in [3.8, 4) is 5.75 Å². The summed E-state index contributed by atoms with van der Waals surface area (Å²) in [5.74, 6) is -1.03. The number of nitrogens with one attached hydrogen (secondary N) is 2. The third-order valence-electron chi connectivity index (χ3n) is 4.14. The van der Waals surface area contributed by atoms with E-state index in [0.29, 0.717) is 22.6 Å². The highest BCUT2D eigenvalue weighted by molar-refractivity contribution is 5.97. The van der Waals surface area contributed by atoms with E-state index < -0.39 is 22.3 Å². The van der Waals surface area contributed by atoms with E-state index in [1.165, 1.54) is 25.4 Å².